The van der Waals surface area contributed by atoms with E-state index in [9.17, 15) is 0 Å². The van der Waals surface area contributed by atoms with Gasteiger partial charge in [0.1, 0.15) is 5.75 Å². The SMILES string of the molecule is I.NC(=NCc1cccc(Cn2cccn2)c1)NC1CCOc2ccccc21. The van der Waals surface area contributed by atoms with Gasteiger partial charge in [-0.05, 0) is 23.3 Å². The lowest BCUT2D eigenvalue weighted by molar-refractivity contribution is 0.262. The minimum Gasteiger partial charge on any atom is -0.493 e. The molecule has 0 bridgehead atoms. The fourth-order valence-electron chi connectivity index (χ4n) is 3.30. The number of fused-ring (bicyclic) bond motifs is 1. The van der Waals surface area contributed by atoms with Crippen molar-refractivity contribution in [3.05, 3.63) is 83.7 Å². The Morgan fingerprint density at radius 1 is 1.18 bits per heavy atom. The molecule has 1 aliphatic rings. The number of hydrogen-bond acceptors (Lipinski definition) is 3. The zero-order chi connectivity index (χ0) is 18.5. The molecule has 1 aliphatic heterocycles. The summed E-state index contributed by atoms with van der Waals surface area (Å²) in [6.07, 6.45) is 4.61. The third-order valence-corrected chi connectivity index (χ3v) is 4.61. The molecule has 0 saturated carbocycles. The molecule has 1 aromatic heterocycles. The third-order valence-electron chi connectivity index (χ3n) is 4.61. The molecule has 6 nitrogen and oxygen atoms in total. The van der Waals surface area contributed by atoms with E-state index in [-0.39, 0.29) is 30.0 Å². The monoisotopic (exact) mass is 489 g/mol. The molecule has 2 aromatic carbocycles. The summed E-state index contributed by atoms with van der Waals surface area (Å²) < 4.78 is 7.60. The predicted octanol–water partition coefficient (Wildman–Crippen LogP) is 3.48. The number of ether oxygens (including phenoxy) is 1. The van der Waals surface area contributed by atoms with Crippen LogP contribution in [0.15, 0.2) is 72.0 Å². The van der Waals surface area contributed by atoms with Crippen LogP contribution in [0.2, 0.25) is 0 Å². The van der Waals surface area contributed by atoms with E-state index in [1.54, 1.807) is 6.20 Å². The first-order valence-electron chi connectivity index (χ1n) is 9.11. The van der Waals surface area contributed by atoms with Crippen LogP contribution in [0.5, 0.6) is 5.75 Å². The van der Waals surface area contributed by atoms with Crippen LogP contribution >= 0.6 is 24.0 Å². The molecule has 0 fully saturated rings. The van der Waals surface area contributed by atoms with Gasteiger partial charge in [0.25, 0.3) is 0 Å². The summed E-state index contributed by atoms with van der Waals surface area (Å²) in [5, 5.41) is 7.58. The van der Waals surface area contributed by atoms with Crippen LogP contribution in [0, 0.1) is 0 Å². The molecule has 7 heteroatoms. The smallest absolute Gasteiger partial charge is 0.189 e. The van der Waals surface area contributed by atoms with Gasteiger partial charge < -0.3 is 15.8 Å². The van der Waals surface area contributed by atoms with Gasteiger partial charge >= 0.3 is 0 Å². The zero-order valence-corrected chi connectivity index (χ0v) is 17.8. The maximum Gasteiger partial charge on any atom is 0.189 e. The van der Waals surface area contributed by atoms with Crippen LogP contribution in [0.3, 0.4) is 0 Å². The van der Waals surface area contributed by atoms with E-state index in [4.69, 9.17) is 10.5 Å². The van der Waals surface area contributed by atoms with E-state index in [2.05, 4.69) is 39.7 Å². The summed E-state index contributed by atoms with van der Waals surface area (Å²) in [6, 6.07) is 18.4. The number of benzene rings is 2. The summed E-state index contributed by atoms with van der Waals surface area (Å²) in [7, 11) is 0. The largest absolute Gasteiger partial charge is 0.493 e. The first-order valence-corrected chi connectivity index (χ1v) is 9.11. The molecule has 3 N–H and O–H groups in total. The maximum atomic E-state index is 6.14. The Labute approximate surface area is 181 Å². The number of nitrogens with zero attached hydrogens (tertiary/aromatic N) is 3. The van der Waals surface area contributed by atoms with Crippen molar-refractivity contribution in [2.24, 2.45) is 10.7 Å². The average molecular weight is 489 g/mol. The van der Waals surface area contributed by atoms with Crippen LogP contribution in [0.1, 0.15) is 29.2 Å². The van der Waals surface area contributed by atoms with Gasteiger partial charge in [0.2, 0.25) is 0 Å². The lowest BCUT2D eigenvalue weighted by Gasteiger charge is -2.26. The molecule has 0 radical (unpaired) electrons. The molecule has 0 aliphatic carbocycles. The fourth-order valence-corrected chi connectivity index (χ4v) is 3.30. The predicted molar refractivity (Wildman–Crippen MR) is 121 cm³/mol. The van der Waals surface area contributed by atoms with E-state index >= 15 is 0 Å². The lowest BCUT2D eigenvalue weighted by atomic mass is 10.0. The Balaban J connectivity index is 0.00000225. The van der Waals surface area contributed by atoms with Gasteiger partial charge in [0, 0.05) is 24.4 Å². The Hall–Kier alpha value is -2.55. The number of hydrogen-bond donors (Lipinski definition) is 2. The second kappa shape index (κ2) is 9.59. The number of aliphatic imine (C=N–C) groups is 1. The molecule has 1 atom stereocenters. The maximum absolute atomic E-state index is 6.14. The van der Waals surface area contributed by atoms with E-state index in [0.29, 0.717) is 19.1 Å². The van der Waals surface area contributed by atoms with Crippen LogP contribution in [0.4, 0.5) is 0 Å². The Morgan fingerprint density at radius 3 is 2.89 bits per heavy atom. The van der Waals surface area contributed by atoms with Crippen LogP contribution in [-0.4, -0.2) is 22.3 Å². The molecular formula is C21H24IN5O. The minimum atomic E-state index is 0. The van der Waals surface area contributed by atoms with Gasteiger partial charge in [0.15, 0.2) is 5.96 Å². The number of para-hydroxylation sites is 1. The number of aromatic nitrogens is 2. The van der Waals surface area contributed by atoms with E-state index < -0.39 is 0 Å². The molecule has 0 amide bonds. The van der Waals surface area contributed by atoms with Gasteiger partial charge in [-0.2, -0.15) is 5.10 Å². The van der Waals surface area contributed by atoms with Gasteiger partial charge in [-0.25, -0.2) is 4.99 Å². The molecule has 0 spiro atoms. The molecule has 4 rings (SSSR count). The van der Waals surface area contributed by atoms with Gasteiger partial charge in [-0.15, -0.1) is 24.0 Å². The van der Waals surface area contributed by atoms with Crippen molar-refractivity contribution in [2.75, 3.05) is 6.61 Å². The molecule has 1 unspecified atom stereocenters. The van der Waals surface area contributed by atoms with Crippen molar-refractivity contribution >= 4 is 29.9 Å². The molecular weight excluding hydrogens is 465 g/mol. The molecule has 3 aromatic rings. The highest BCUT2D eigenvalue weighted by Crippen LogP contribution is 2.31. The first-order chi connectivity index (χ1) is 13.3. The highest BCUT2D eigenvalue weighted by atomic mass is 127. The van der Waals surface area contributed by atoms with Crippen molar-refractivity contribution in [2.45, 2.75) is 25.6 Å². The van der Waals surface area contributed by atoms with Gasteiger partial charge in [-0.1, -0.05) is 42.5 Å². The zero-order valence-electron chi connectivity index (χ0n) is 15.5. The second-order valence-corrected chi connectivity index (χ2v) is 6.60. The second-order valence-electron chi connectivity index (χ2n) is 6.60. The first kappa shape index (κ1) is 20.2. The number of rotatable bonds is 5. The van der Waals surface area contributed by atoms with Gasteiger partial charge in [-0.3, -0.25) is 4.68 Å². The van der Waals surface area contributed by atoms with Crippen molar-refractivity contribution in [1.29, 1.82) is 0 Å². The highest BCUT2D eigenvalue weighted by molar-refractivity contribution is 14.0. The molecule has 146 valence electrons. The summed E-state index contributed by atoms with van der Waals surface area (Å²) in [5.74, 6) is 1.37. The molecule has 0 saturated heterocycles. The third kappa shape index (κ3) is 5.03. The topological polar surface area (TPSA) is 77.5 Å². The van der Waals surface area contributed by atoms with Crippen molar-refractivity contribution in [3.63, 3.8) is 0 Å². The number of halogens is 1. The summed E-state index contributed by atoms with van der Waals surface area (Å²) in [5.41, 5.74) is 9.58. The van der Waals surface area contributed by atoms with E-state index in [0.717, 1.165) is 29.8 Å². The average Bonchev–Trinajstić information content (AvgIpc) is 3.20. The number of nitrogens with two attached hydrogens (primary N) is 1. The van der Waals surface area contributed by atoms with E-state index in [1.807, 2.05) is 41.2 Å². The van der Waals surface area contributed by atoms with E-state index in [1.165, 1.54) is 5.56 Å². The van der Waals surface area contributed by atoms with Crippen LogP contribution in [-0.2, 0) is 13.1 Å². The highest BCUT2D eigenvalue weighted by Gasteiger charge is 2.21. The Morgan fingerprint density at radius 2 is 2.04 bits per heavy atom. The summed E-state index contributed by atoms with van der Waals surface area (Å²) >= 11 is 0. The van der Waals surface area contributed by atoms with Crippen molar-refractivity contribution in [1.82, 2.24) is 15.1 Å². The number of nitrogens with one attached hydrogen (secondary N) is 1. The van der Waals surface area contributed by atoms with Crippen LogP contribution in [0.25, 0.3) is 0 Å². The van der Waals surface area contributed by atoms with Gasteiger partial charge in [0.05, 0.1) is 25.7 Å². The summed E-state index contributed by atoms with van der Waals surface area (Å²) in [4.78, 5) is 4.52. The normalized spacial score (nSPS) is 15.9. The molecule has 2 heterocycles. The summed E-state index contributed by atoms with van der Waals surface area (Å²) in [6.45, 7) is 1.96. The van der Waals surface area contributed by atoms with Crippen molar-refractivity contribution < 1.29 is 4.74 Å². The fraction of sp³-hybridized carbons (Fsp3) is 0.238. The van der Waals surface area contributed by atoms with Crippen LogP contribution < -0.4 is 15.8 Å². The number of guanidine groups is 1. The molecule has 28 heavy (non-hydrogen) atoms. The standard InChI is InChI=1S/C21H23N5O.HI/c22-21(25-19-9-12-27-20-8-2-1-7-18(19)20)23-14-16-5-3-6-17(13-16)15-26-11-4-10-24-26;/h1-8,10-11,13,19H,9,12,14-15H2,(H3,22,23,25);1H. The Kier molecular flexibility index (Phi) is 6.91. The minimum absolute atomic E-state index is 0. The quantitative estimate of drug-likeness (QED) is 0.327. The lowest BCUT2D eigenvalue weighted by Crippen LogP contribution is -2.37. The Bertz CT molecular complexity index is 926. The van der Waals surface area contributed by atoms with Crippen molar-refractivity contribution in [3.8, 4) is 5.75 Å².